The fraction of sp³-hybridized carbons (Fsp3) is 0.0588. The molecule has 0 saturated heterocycles. The number of carbonyl (C=O) groups excluding carboxylic acids is 1. The smallest absolute Gasteiger partial charge is 0.257 e. The van der Waals surface area contributed by atoms with Crippen LogP contribution in [0.25, 0.3) is 11.3 Å². The van der Waals surface area contributed by atoms with Crippen LogP contribution in [0.2, 0.25) is 0 Å². The molecule has 0 saturated carbocycles. The van der Waals surface area contributed by atoms with E-state index < -0.39 is 0 Å². The van der Waals surface area contributed by atoms with Gasteiger partial charge in [-0.25, -0.2) is 9.37 Å². The molecule has 0 radical (unpaired) electrons. The van der Waals surface area contributed by atoms with E-state index in [1.54, 1.807) is 7.11 Å². The quantitative estimate of drug-likeness (QED) is 0.780. The van der Waals surface area contributed by atoms with Crippen molar-refractivity contribution in [1.29, 1.82) is 0 Å². The predicted molar refractivity (Wildman–Crippen MR) is 88.5 cm³/mol. The summed E-state index contributed by atoms with van der Waals surface area (Å²) in [6.07, 6.45) is 0. The fourth-order valence-electron chi connectivity index (χ4n) is 2.08. The van der Waals surface area contributed by atoms with Crippen molar-refractivity contribution < 1.29 is 13.9 Å². The number of methoxy groups -OCH3 is 1. The Balaban J connectivity index is 1.79. The van der Waals surface area contributed by atoms with Crippen molar-refractivity contribution in [3.63, 3.8) is 0 Å². The Morgan fingerprint density at radius 1 is 1.17 bits per heavy atom. The van der Waals surface area contributed by atoms with E-state index in [1.807, 2.05) is 29.6 Å². The highest BCUT2D eigenvalue weighted by molar-refractivity contribution is 7.14. The number of hydrogen-bond acceptors (Lipinski definition) is 4. The zero-order valence-electron chi connectivity index (χ0n) is 12.2. The lowest BCUT2D eigenvalue weighted by atomic mass is 10.1. The Morgan fingerprint density at radius 2 is 1.91 bits per heavy atom. The van der Waals surface area contributed by atoms with Crippen LogP contribution in [0.3, 0.4) is 0 Å². The third-order valence-electron chi connectivity index (χ3n) is 3.21. The Labute approximate surface area is 136 Å². The number of benzene rings is 2. The maximum Gasteiger partial charge on any atom is 0.257 e. The number of nitrogens with zero attached hydrogens (tertiary/aromatic N) is 1. The van der Waals surface area contributed by atoms with Crippen LogP contribution in [0.5, 0.6) is 5.75 Å². The highest BCUT2D eigenvalue weighted by Gasteiger charge is 2.12. The third kappa shape index (κ3) is 3.37. The van der Waals surface area contributed by atoms with Crippen LogP contribution in [-0.2, 0) is 0 Å². The first-order valence-electron chi connectivity index (χ1n) is 6.83. The molecule has 0 unspecified atom stereocenters. The minimum Gasteiger partial charge on any atom is -0.496 e. The number of hydrogen-bond donors (Lipinski definition) is 1. The van der Waals surface area contributed by atoms with Crippen molar-refractivity contribution in [3.8, 4) is 17.0 Å². The maximum absolute atomic E-state index is 12.9. The molecule has 1 N–H and O–H groups in total. The van der Waals surface area contributed by atoms with E-state index in [1.165, 1.54) is 35.6 Å². The Kier molecular flexibility index (Phi) is 4.34. The van der Waals surface area contributed by atoms with Gasteiger partial charge in [-0.15, -0.1) is 11.3 Å². The molecule has 0 atom stereocenters. The number of aromatic nitrogens is 1. The molecular formula is C17H13FN2O2S. The molecule has 4 nitrogen and oxygen atoms in total. The van der Waals surface area contributed by atoms with Crippen molar-refractivity contribution in [2.24, 2.45) is 0 Å². The minimum atomic E-state index is -0.380. The number of rotatable bonds is 4. The van der Waals surface area contributed by atoms with E-state index in [0.717, 1.165) is 11.3 Å². The number of thiazole rings is 1. The van der Waals surface area contributed by atoms with Gasteiger partial charge in [-0.05, 0) is 36.4 Å². The standard InChI is InChI=1S/C17H13FN2O2S/c1-22-15-5-3-2-4-13(15)14-10-23-17(19-14)20-16(21)11-6-8-12(18)9-7-11/h2-10H,1H3,(H,19,20,21). The van der Waals surface area contributed by atoms with E-state index in [0.29, 0.717) is 16.4 Å². The number of amides is 1. The topological polar surface area (TPSA) is 51.2 Å². The molecule has 1 amide bonds. The van der Waals surface area contributed by atoms with Crippen molar-refractivity contribution in [1.82, 2.24) is 4.98 Å². The average Bonchev–Trinajstić information content (AvgIpc) is 3.03. The van der Waals surface area contributed by atoms with Crippen LogP contribution in [0.1, 0.15) is 10.4 Å². The SMILES string of the molecule is COc1ccccc1-c1csc(NC(=O)c2ccc(F)cc2)n1. The maximum atomic E-state index is 12.9. The summed E-state index contributed by atoms with van der Waals surface area (Å²) in [6, 6.07) is 12.9. The van der Waals surface area contributed by atoms with Gasteiger partial charge >= 0.3 is 0 Å². The number of carbonyl (C=O) groups is 1. The molecule has 23 heavy (non-hydrogen) atoms. The molecule has 0 aliphatic rings. The van der Waals surface area contributed by atoms with Gasteiger partial charge in [0.1, 0.15) is 11.6 Å². The molecule has 2 aromatic carbocycles. The first-order chi connectivity index (χ1) is 11.2. The lowest BCUT2D eigenvalue weighted by Crippen LogP contribution is -2.11. The third-order valence-corrected chi connectivity index (χ3v) is 3.97. The zero-order chi connectivity index (χ0) is 16.2. The lowest BCUT2D eigenvalue weighted by Gasteiger charge is -2.05. The monoisotopic (exact) mass is 328 g/mol. The molecule has 1 aromatic heterocycles. The number of halogens is 1. The Bertz CT molecular complexity index is 831. The van der Waals surface area contributed by atoms with Crippen LogP contribution in [-0.4, -0.2) is 18.0 Å². The summed E-state index contributed by atoms with van der Waals surface area (Å²) in [5, 5.41) is 5.03. The van der Waals surface area contributed by atoms with Gasteiger partial charge in [0, 0.05) is 16.5 Å². The van der Waals surface area contributed by atoms with Gasteiger partial charge in [-0.2, -0.15) is 0 Å². The fourth-order valence-corrected chi connectivity index (χ4v) is 2.79. The second-order valence-corrected chi connectivity index (χ2v) is 5.56. The second-order valence-electron chi connectivity index (χ2n) is 4.70. The van der Waals surface area contributed by atoms with Gasteiger partial charge in [-0.1, -0.05) is 12.1 Å². The van der Waals surface area contributed by atoms with Crippen molar-refractivity contribution in [3.05, 3.63) is 65.3 Å². The van der Waals surface area contributed by atoms with Crippen molar-refractivity contribution >= 4 is 22.4 Å². The molecule has 0 spiro atoms. The van der Waals surface area contributed by atoms with Crippen LogP contribution < -0.4 is 10.1 Å². The lowest BCUT2D eigenvalue weighted by molar-refractivity contribution is 0.102. The summed E-state index contributed by atoms with van der Waals surface area (Å²) < 4.78 is 18.2. The molecule has 1 heterocycles. The first kappa shape index (κ1) is 15.2. The second kappa shape index (κ2) is 6.58. The molecule has 0 aliphatic carbocycles. The molecule has 3 rings (SSSR count). The molecule has 0 aliphatic heterocycles. The molecule has 3 aromatic rings. The normalized spacial score (nSPS) is 10.3. The van der Waals surface area contributed by atoms with Crippen LogP contribution in [0.15, 0.2) is 53.9 Å². The summed E-state index contributed by atoms with van der Waals surface area (Å²) in [6.45, 7) is 0. The van der Waals surface area contributed by atoms with Crippen LogP contribution in [0.4, 0.5) is 9.52 Å². The van der Waals surface area contributed by atoms with Crippen LogP contribution >= 0.6 is 11.3 Å². The molecule has 6 heteroatoms. The van der Waals surface area contributed by atoms with E-state index in [2.05, 4.69) is 10.3 Å². The van der Waals surface area contributed by atoms with E-state index >= 15 is 0 Å². The van der Waals surface area contributed by atoms with Gasteiger partial charge in [0.05, 0.1) is 12.8 Å². The summed E-state index contributed by atoms with van der Waals surface area (Å²) in [5.74, 6) is 0.00870. The Morgan fingerprint density at radius 3 is 2.65 bits per heavy atom. The van der Waals surface area contributed by atoms with Gasteiger partial charge in [0.25, 0.3) is 5.91 Å². The number of anilines is 1. The number of ether oxygens (including phenoxy) is 1. The van der Waals surface area contributed by atoms with Crippen molar-refractivity contribution in [2.45, 2.75) is 0 Å². The molecule has 0 fully saturated rings. The van der Waals surface area contributed by atoms with Gasteiger partial charge in [0.2, 0.25) is 0 Å². The predicted octanol–water partition coefficient (Wildman–Crippen LogP) is 4.21. The average molecular weight is 328 g/mol. The number of para-hydroxylation sites is 1. The van der Waals surface area contributed by atoms with Gasteiger partial charge < -0.3 is 4.74 Å². The van der Waals surface area contributed by atoms with Crippen LogP contribution in [0, 0.1) is 5.82 Å². The minimum absolute atomic E-state index is 0.328. The summed E-state index contributed by atoms with van der Waals surface area (Å²) in [5.41, 5.74) is 1.95. The highest BCUT2D eigenvalue weighted by Crippen LogP contribution is 2.31. The molecule has 0 bridgehead atoms. The summed E-state index contributed by atoms with van der Waals surface area (Å²) in [4.78, 5) is 16.5. The number of nitrogens with one attached hydrogen (secondary N) is 1. The zero-order valence-corrected chi connectivity index (χ0v) is 13.1. The molecular weight excluding hydrogens is 315 g/mol. The first-order valence-corrected chi connectivity index (χ1v) is 7.71. The van der Waals surface area contributed by atoms with E-state index in [-0.39, 0.29) is 11.7 Å². The summed E-state index contributed by atoms with van der Waals surface area (Å²) in [7, 11) is 1.60. The van der Waals surface area contributed by atoms with Gasteiger partial charge in [0.15, 0.2) is 5.13 Å². The highest BCUT2D eigenvalue weighted by atomic mass is 32.1. The van der Waals surface area contributed by atoms with Crippen molar-refractivity contribution in [2.75, 3.05) is 12.4 Å². The largest absolute Gasteiger partial charge is 0.496 e. The van der Waals surface area contributed by atoms with Gasteiger partial charge in [-0.3, -0.25) is 10.1 Å². The van der Waals surface area contributed by atoms with E-state index in [4.69, 9.17) is 4.74 Å². The van der Waals surface area contributed by atoms with E-state index in [9.17, 15) is 9.18 Å². The molecule has 116 valence electrons. The Hall–Kier alpha value is -2.73. The summed E-state index contributed by atoms with van der Waals surface area (Å²) >= 11 is 1.32.